The molecule has 0 unspecified atom stereocenters. The van der Waals surface area contributed by atoms with Crippen molar-refractivity contribution in [1.82, 2.24) is 14.9 Å². The van der Waals surface area contributed by atoms with Gasteiger partial charge in [0.2, 0.25) is 0 Å². The molecule has 2 heterocycles. The van der Waals surface area contributed by atoms with Crippen LogP contribution in [-0.2, 0) is 6.42 Å². The van der Waals surface area contributed by atoms with E-state index in [1.54, 1.807) is 12.4 Å². The van der Waals surface area contributed by atoms with Gasteiger partial charge in [-0.15, -0.1) is 0 Å². The molecule has 1 atom stereocenters. The van der Waals surface area contributed by atoms with E-state index >= 15 is 0 Å². The highest BCUT2D eigenvalue weighted by Crippen LogP contribution is 2.25. The Kier molecular flexibility index (Phi) is 5.56. The second kappa shape index (κ2) is 8.42. The van der Waals surface area contributed by atoms with E-state index < -0.39 is 0 Å². The van der Waals surface area contributed by atoms with Gasteiger partial charge in [0, 0.05) is 36.6 Å². The van der Waals surface area contributed by atoms with Crippen LogP contribution in [0.3, 0.4) is 0 Å². The number of carbonyl (C=O) groups excluding carboxylic acids is 1. The summed E-state index contributed by atoms with van der Waals surface area (Å²) < 4.78 is 0. The Morgan fingerprint density at radius 2 is 2.11 bits per heavy atom. The first-order chi connectivity index (χ1) is 13.7. The number of piperidine rings is 1. The smallest absolute Gasteiger partial charge is 0.253 e. The van der Waals surface area contributed by atoms with Crippen molar-refractivity contribution in [2.24, 2.45) is 5.92 Å². The lowest BCUT2D eigenvalue weighted by atomic mass is 9.90. The fourth-order valence-electron chi connectivity index (χ4n) is 4.14. The highest BCUT2D eigenvalue weighted by Gasteiger charge is 2.24. The van der Waals surface area contributed by atoms with Crippen molar-refractivity contribution in [3.8, 4) is 11.4 Å². The number of nitrogens with zero attached hydrogens (tertiary/aromatic N) is 2. The Morgan fingerprint density at radius 3 is 2.93 bits per heavy atom. The summed E-state index contributed by atoms with van der Waals surface area (Å²) in [5.74, 6) is 1.50. The second-order valence-electron chi connectivity index (χ2n) is 7.74. The normalized spacial score (nSPS) is 16.9. The highest BCUT2D eigenvalue weighted by molar-refractivity contribution is 5.95. The predicted octanol–water partition coefficient (Wildman–Crippen LogP) is 4.87. The van der Waals surface area contributed by atoms with Crippen molar-refractivity contribution in [2.45, 2.75) is 32.6 Å². The maximum absolute atomic E-state index is 13.1. The molecular formula is C24H27N3O. The molecule has 3 aromatic rings. The number of nitrogens with one attached hydrogen (secondary N) is 1. The van der Waals surface area contributed by atoms with Gasteiger partial charge in [0.1, 0.15) is 5.82 Å². The maximum Gasteiger partial charge on any atom is 0.253 e. The molecule has 0 aliphatic carbocycles. The number of benzene rings is 2. The summed E-state index contributed by atoms with van der Waals surface area (Å²) in [4.78, 5) is 22.5. The third-order valence-corrected chi connectivity index (χ3v) is 5.77. The average Bonchev–Trinajstić information content (AvgIpc) is 3.28. The highest BCUT2D eigenvalue weighted by atomic mass is 16.2. The summed E-state index contributed by atoms with van der Waals surface area (Å²) in [6, 6.07) is 16.4. The van der Waals surface area contributed by atoms with Crippen LogP contribution in [-0.4, -0.2) is 33.9 Å². The number of aromatic nitrogens is 2. The molecule has 2 aromatic carbocycles. The first-order valence-corrected chi connectivity index (χ1v) is 10.1. The molecule has 1 saturated heterocycles. The van der Waals surface area contributed by atoms with Crippen LogP contribution >= 0.6 is 0 Å². The number of hydrogen-bond acceptors (Lipinski definition) is 2. The van der Waals surface area contributed by atoms with Crippen molar-refractivity contribution in [2.75, 3.05) is 13.1 Å². The van der Waals surface area contributed by atoms with Crippen molar-refractivity contribution in [3.05, 3.63) is 77.6 Å². The molecule has 0 spiro atoms. The number of amides is 1. The molecule has 144 valence electrons. The van der Waals surface area contributed by atoms with Gasteiger partial charge >= 0.3 is 0 Å². The number of hydrogen-bond donors (Lipinski definition) is 1. The number of H-pyrrole nitrogens is 1. The van der Waals surface area contributed by atoms with Gasteiger partial charge in [0.15, 0.2) is 0 Å². The fourth-order valence-corrected chi connectivity index (χ4v) is 4.14. The number of likely N-dealkylation sites (tertiary alicyclic amines) is 1. The molecule has 1 aromatic heterocycles. The maximum atomic E-state index is 13.1. The Labute approximate surface area is 166 Å². The third-order valence-electron chi connectivity index (χ3n) is 5.77. The van der Waals surface area contributed by atoms with Crippen LogP contribution in [0.15, 0.2) is 60.9 Å². The van der Waals surface area contributed by atoms with E-state index in [2.05, 4.69) is 41.2 Å². The van der Waals surface area contributed by atoms with E-state index in [-0.39, 0.29) is 5.91 Å². The number of aromatic amines is 1. The summed E-state index contributed by atoms with van der Waals surface area (Å²) in [6.45, 7) is 3.89. The Bertz CT molecular complexity index is 933. The van der Waals surface area contributed by atoms with E-state index in [1.807, 2.05) is 29.2 Å². The van der Waals surface area contributed by atoms with Crippen LogP contribution in [0.1, 0.15) is 40.7 Å². The van der Waals surface area contributed by atoms with Crippen LogP contribution in [0.2, 0.25) is 0 Å². The SMILES string of the molecule is Cc1ccccc1CC[C@H]1CCCN(C(=O)c2cccc(-c3ncc[nH]3)c2)C1. The third kappa shape index (κ3) is 4.16. The van der Waals surface area contributed by atoms with E-state index in [0.29, 0.717) is 5.92 Å². The van der Waals surface area contributed by atoms with Crippen molar-refractivity contribution >= 4 is 5.91 Å². The predicted molar refractivity (Wildman–Crippen MR) is 112 cm³/mol. The monoisotopic (exact) mass is 373 g/mol. The summed E-state index contributed by atoms with van der Waals surface area (Å²) in [5.41, 5.74) is 4.48. The summed E-state index contributed by atoms with van der Waals surface area (Å²) in [6.07, 6.45) is 8.06. The Balaban J connectivity index is 1.41. The van der Waals surface area contributed by atoms with Gasteiger partial charge in [-0.25, -0.2) is 4.98 Å². The Morgan fingerprint density at radius 1 is 1.21 bits per heavy atom. The van der Waals surface area contributed by atoms with Crippen LogP contribution < -0.4 is 0 Å². The van der Waals surface area contributed by atoms with Crippen molar-refractivity contribution in [1.29, 1.82) is 0 Å². The zero-order valence-corrected chi connectivity index (χ0v) is 16.4. The quantitative estimate of drug-likeness (QED) is 0.694. The first kappa shape index (κ1) is 18.5. The van der Waals surface area contributed by atoms with Gasteiger partial charge in [-0.3, -0.25) is 4.79 Å². The van der Waals surface area contributed by atoms with Gasteiger partial charge in [-0.05, 0) is 61.8 Å². The van der Waals surface area contributed by atoms with Crippen molar-refractivity contribution in [3.63, 3.8) is 0 Å². The lowest BCUT2D eigenvalue weighted by molar-refractivity contribution is 0.0668. The van der Waals surface area contributed by atoms with Gasteiger partial charge in [-0.2, -0.15) is 0 Å². The molecular weight excluding hydrogens is 346 g/mol. The number of imidazole rings is 1. The minimum atomic E-state index is 0.133. The molecule has 1 aliphatic rings. The molecule has 4 nitrogen and oxygen atoms in total. The van der Waals surface area contributed by atoms with Crippen LogP contribution in [0.5, 0.6) is 0 Å². The first-order valence-electron chi connectivity index (χ1n) is 10.1. The van der Waals surface area contributed by atoms with Crippen LogP contribution in [0.4, 0.5) is 0 Å². The molecule has 0 saturated carbocycles. The van der Waals surface area contributed by atoms with Crippen molar-refractivity contribution < 1.29 is 4.79 Å². The van der Waals surface area contributed by atoms with E-state index in [1.165, 1.54) is 17.5 Å². The van der Waals surface area contributed by atoms with Gasteiger partial charge in [0.05, 0.1) is 0 Å². The van der Waals surface area contributed by atoms with Gasteiger partial charge in [0.25, 0.3) is 5.91 Å². The molecule has 28 heavy (non-hydrogen) atoms. The number of rotatable bonds is 5. The standard InChI is InChI=1S/C24H27N3O/c1-18-6-2-3-8-20(18)12-11-19-7-5-15-27(17-19)24(28)22-10-4-9-21(16-22)23-25-13-14-26-23/h2-4,6,8-10,13-14,16,19H,5,7,11-12,15,17H2,1H3,(H,25,26)/t19-/m1/s1. The minimum Gasteiger partial charge on any atom is -0.345 e. The largest absolute Gasteiger partial charge is 0.345 e. The molecule has 1 aliphatic heterocycles. The molecule has 0 bridgehead atoms. The summed E-state index contributed by atoms with van der Waals surface area (Å²) in [7, 11) is 0. The van der Waals surface area contributed by atoms with Gasteiger partial charge in [-0.1, -0.05) is 36.4 Å². The fraction of sp³-hybridized carbons (Fsp3) is 0.333. The lowest BCUT2D eigenvalue weighted by Gasteiger charge is -2.33. The van der Waals surface area contributed by atoms with E-state index in [4.69, 9.17) is 0 Å². The molecule has 1 N–H and O–H groups in total. The molecule has 4 rings (SSSR count). The minimum absolute atomic E-state index is 0.133. The number of carbonyl (C=O) groups is 1. The average molecular weight is 374 g/mol. The second-order valence-corrected chi connectivity index (χ2v) is 7.74. The molecule has 0 radical (unpaired) electrons. The van der Waals surface area contributed by atoms with Crippen LogP contribution in [0.25, 0.3) is 11.4 Å². The summed E-state index contributed by atoms with van der Waals surface area (Å²) in [5, 5.41) is 0. The van der Waals surface area contributed by atoms with Gasteiger partial charge < -0.3 is 9.88 Å². The topological polar surface area (TPSA) is 49.0 Å². The van der Waals surface area contributed by atoms with Crippen LogP contribution in [0, 0.1) is 12.8 Å². The Hall–Kier alpha value is -2.88. The zero-order valence-electron chi connectivity index (χ0n) is 16.4. The zero-order chi connectivity index (χ0) is 19.3. The lowest BCUT2D eigenvalue weighted by Crippen LogP contribution is -2.40. The molecule has 1 fully saturated rings. The number of aryl methyl sites for hydroxylation is 2. The van der Waals surface area contributed by atoms with E-state index in [0.717, 1.165) is 49.3 Å². The molecule has 4 heteroatoms. The summed E-state index contributed by atoms with van der Waals surface area (Å²) >= 11 is 0. The van der Waals surface area contributed by atoms with E-state index in [9.17, 15) is 4.79 Å². The molecule has 1 amide bonds.